The van der Waals surface area contributed by atoms with Crippen LogP contribution >= 0.6 is 0 Å². The lowest BCUT2D eigenvalue weighted by molar-refractivity contribution is -0.116. The normalized spacial score (nSPS) is 21.5. The molecule has 2 aromatic rings. The SMILES string of the molecule is CNC(=O)c1ccc(N2CCC(N3CCC(c4cc5c(c(=O)[nH]4)CCC(=O)N5)C3)CC2)cn1. The summed E-state index contributed by atoms with van der Waals surface area (Å²) in [5, 5.41) is 5.46. The molecule has 2 aromatic heterocycles. The number of piperidine rings is 1. The number of rotatable bonds is 4. The highest BCUT2D eigenvalue weighted by Gasteiger charge is 2.32. The Morgan fingerprint density at radius 2 is 1.94 bits per heavy atom. The van der Waals surface area contributed by atoms with Crippen LogP contribution in [-0.4, -0.2) is 66.0 Å². The first-order valence-electron chi connectivity index (χ1n) is 11.7. The largest absolute Gasteiger partial charge is 0.370 e. The summed E-state index contributed by atoms with van der Waals surface area (Å²) in [4.78, 5) is 48.2. The second-order valence-corrected chi connectivity index (χ2v) is 9.17. The van der Waals surface area contributed by atoms with E-state index in [-0.39, 0.29) is 23.3 Å². The fraction of sp³-hybridized carbons (Fsp3) is 0.500. The Labute approximate surface area is 192 Å². The third-order valence-corrected chi connectivity index (χ3v) is 7.25. The second-order valence-electron chi connectivity index (χ2n) is 9.17. The van der Waals surface area contributed by atoms with Gasteiger partial charge in [-0.2, -0.15) is 0 Å². The lowest BCUT2D eigenvalue weighted by Gasteiger charge is -2.37. The number of carbonyl (C=O) groups is 2. The van der Waals surface area contributed by atoms with Gasteiger partial charge in [0.25, 0.3) is 11.5 Å². The van der Waals surface area contributed by atoms with Gasteiger partial charge < -0.3 is 20.5 Å². The first-order chi connectivity index (χ1) is 16.0. The Kier molecular flexibility index (Phi) is 5.88. The summed E-state index contributed by atoms with van der Waals surface area (Å²) in [6.07, 6.45) is 5.81. The number of likely N-dealkylation sites (tertiary alicyclic amines) is 1. The van der Waals surface area contributed by atoms with E-state index < -0.39 is 0 Å². The van der Waals surface area contributed by atoms with Crippen molar-refractivity contribution in [1.82, 2.24) is 20.2 Å². The number of carbonyl (C=O) groups excluding carboxylic acids is 2. The molecule has 2 amide bonds. The molecule has 3 aliphatic rings. The average Bonchev–Trinajstić information content (AvgIpc) is 3.34. The number of nitrogens with zero attached hydrogens (tertiary/aromatic N) is 3. The Balaban J connectivity index is 1.19. The zero-order chi connectivity index (χ0) is 22.9. The molecule has 2 saturated heterocycles. The minimum absolute atomic E-state index is 0.0164. The summed E-state index contributed by atoms with van der Waals surface area (Å²) in [5.74, 6) is 0.0881. The zero-order valence-corrected chi connectivity index (χ0v) is 18.9. The van der Waals surface area contributed by atoms with E-state index in [1.807, 2.05) is 12.1 Å². The van der Waals surface area contributed by atoms with Gasteiger partial charge in [-0.05, 0) is 50.4 Å². The van der Waals surface area contributed by atoms with Crippen LogP contribution in [0.4, 0.5) is 11.4 Å². The van der Waals surface area contributed by atoms with E-state index in [1.165, 1.54) is 0 Å². The molecule has 174 valence electrons. The van der Waals surface area contributed by atoms with Crippen LogP contribution in [-0.2, 0) is 11.2 Å². The molecule has 0 spiro atoms. The van der Waals surface area contributed by atoms with Crippen LogP contribution in [0.5, 0.6) is 0 Å². The fourth-order valence-corrected chi connectivity index (χ4v) is 5.34. The quantitative estimate of drug-likeness (QED) is 0.651. The van der Waals surface area contributed by atoms with E-state index in [4.69, 9.17) is 0 Å². The smallest absolute Gasteiger partial charge is 0.269 e. The molecule has 5 rings (SSSR count). The molecule has 1 atom stereocenters. The number of hydrogen-bond donors (Lipinski definition) is 3. The standard InChI is InChI=1S/C24H30N6O3/c1-25-24(33)19-4-2-17(13-26-19)29-10-7-16(8-11-29)30-9-6-15(14-30)20-12-21-18(23(32)28-20)3-5-22(31)27-21/h2,4,12-13,15-16H,3,5-11,14H2,1H3,(H,25,33)(H,27,31)(H,28,32). The van der Waals surface area contributed by atoms with Gasteiger partial charge in [-0.1, -0.05) is 0 Å². The number of fused-ring (bicyclic) bond motifs is 1. The molecule has 9 nitrogen and oxygen atoms in total. The summed E-state index contributed by atoms with van der Waals surface area (Å²) in [6.45, 7) is 3.85. The zero-order valence-electron chi connectivity index (χ0n) is 18.9. The fourth-order valence-electron chi connectivity index (χ4n) is 5.34. The van der Waals surface area contributed by atoms with E-state index in [2.05, 4.69) is 30.4 Å². The molecule has 33 heavy (non-hydrogen) atoms. The van der Waals surface area contributed by atoms with Crippen molar-refractivity contribution < 1.29 is 9.59 Å². The molecule has 2 fully saturated rings. The van der Waals surface area contributed by atoms with E-state index in [1.54, 1.807) is 19.3 Å². The molecule has 9 heteroatoms. The number of amides is 2. The first-order valence-corrected chi connectivity index (χ1v) is 11.7. The van der Waals surface area contributed by atoms with Gasteiger partial charge in [0.2, 0.25) is 5.91 Å². The summed E-state index contributed by atoms with van der Waals surface area (Å²) in [6, 6.07) is 6.23. The lowest BCUT2D eigenvalue weighted by Crippen LogP contribution is -2.44. The van der Waals surface area contributed by atoms with Crippen LogP contribution in [0.25, 0.3) is 0 Å². The van der Waals surface area contributed by atoms with Crippen molar-refractivity contribution in [2.45, 2.75) is 44.1 Å². The van der Waals surface area contributed by atoms with Gasteiger partial charge >= 0.3 is 0 Å². The van der Waals surface area contributed by atoms with Crippen molar-refractivity contribution in [2.24, 2.45) is 0 Å². The lowest BCUT2D eigenvalue weighted by atomic mass is 9.99. The van der Waals surface area contributed by atoms with Crippen molar-refractivity contribution in [1.29, 1.82) is 0 Å². The second kappa shape index (κ2) is 8.97. The Hall–Kier alpha value is -3.20. The summed E-state index contributed by atoms with van der Waals surface area (Å²) in [5.41, 5.74) is 3.73. The van der Waals surface area contributed by atoms with Crippen molar-refractivity contribution in [3.63, 3.8) is 0 Å². The Morgan fingerprint density at radius 1 is 1.12 bits per heavy atom. The number of aromatic nitrogens is 2. The van der Waals surface area contributed by atoms with Gasteiger partial charge in [-0.25, -0.2) is 4.98 Å². The maximum atomic E-state index is 12.5. The van der Waals surface area contributed by atoms with E-state index in [0.29, 0.717) is 35.8 Å². The highest BCUT2D eigenvalue weighted by Crippen LogP contribution is 2.32. The van der Waals surface area contributed by atoms with Crippen LogP contribution in [0.2, 0.25) is 0 Å². The maximum absolute atomic E-state index is 12.5. The minimum Gasteiger partial charge on any atom is -0.370 e. The molecular weight excluding hydrogens is 420 g/mol. The molecule has 5 heterocycles. The summed E-state index contributed by atoms with van der Waals surface area (Å²) in [7, 11) is 1.60. The van der Waals surface area contributed by atoms with Crippen LogP contribution in [0, 0.1) is 0 Å². The monoisotopic (exact) mass is 450 g/mol. The predicted molar refractivity (Wildman–Crippen MR) is 126 cm³/mol. The van der Waals surface area contributed by atoms with Gasteiger partial charge in [-0.15, -0.1) is 0 Å². The molecular formula is C24H30N6O3. The Morgan fingerprint density at radius 3 is 2.67 bits per heavy atom. The minimum atomic E-state index is -0.175. The summed E-state index contributed by atoms with van der Waals surface area (Å²) >= 11 is 0. The number of hydrogen-bond acceptors (Lipinski definition) is 6. The van der Waals surface area contributed by atoms with Crippen molar-refractivity contribution in [2.75, 3.05) is 43.4 Å². The van der Waals surface area contributed by atoms with Crippen LogP contribution in [0.1, 0.15) is 53.3 Å². The van der Waals surface area contributed by atoms with Crippen LogP contribution < -0.4 is 21.1 Å². The third-order valence-electron chi connectivity index (χ3n) is 7.25. The van der Waals surface area contributed by atoms with Crippen LogP contribution in [0.15, 0.2) is 29.2 Å². The highest BCUT2D eigenvalue weighted by molar-refractivity contribution is 5.94. The molecule has 0 saturated carbocycles. The molecule has 0 aliphatic carbocycles. The van der Waals surface area contributed by atoms with E-state index in [0.717, 1.165) is 56.8 Å². The third kappa shape index (κ3) is 4.37. The molecule has 0 radical (unpaired) electrons. The Bertz CT molecular complexity index is 1100. The van der Waals surface area contributed by atoms with Gasteiger partial charge in [0.15, 0.2) is 0 Å². The van der Waals surface area contributed by atoms with Gasteiger partial charge in [0.05, 0.1) is 17.6 Å². The van der Waals surface area contributed by atoms with Crippen molar-refractivity contribution in [3.05, 3.63) is 51.7 Å². The number of anilines is 2. The van der Waals surface area contributed by atoms with Gasteiger partial charge in [0.1, 0.15) is 5.69 Å². The molecule has 3 N–H and O–H groups in total. The number of H-pyrrole nitrogens is 1. The number of nitrogens with one attached hydrogen (secondary N) is 3. The first kappa shape index (κ1) is 21.6. The molecule has 3 aliphatic heterocycles. The van der Waals surface area contributed by atoms with E-state index in [9.17, 15) is 14.4 Å². The predicted octanol–water partition coefficient (Wildman–Crippen LogP) is 1.47. The topological polar surface area (TPSA) is 110 Å². The molecule has 0 aromatic carbocycles. The van der Waals surface area contributed by atoms with E-state index >= 15 is 0 Å². The van der Waals surface area contributed by atoms with Gasteiger partial charge in [-0.3, -0.25) is 19.3 Å². The molecule has 1 unspecified atom stereocenters. The maximum Gasteiger partial charge on any atom is 0.269 e. The number of pyridine rings is 2. The molecule has 0 bridgehead atoms. The summed E-state index contributed by atoms with van der Waals surface area (Å²) < 4.78 is 0. The number of aromatic amines is 1. The van der Waals surface area contributed by atoms with Crippen molar-refractivity contribution >= 4 is 23.2 Å². The highest BCUT2D eigenvalue weighted by atomic mass is 16.2. The average molecular weight is 451 g/mol. The van der Waals surface area contributed by atoms with Crippen molar-refractivity contribution in [3.8, 4) is 0 Å². The van der Waals surface area contributed by atoms with Gasteiger partial charge in [0, 0.05) is 56.3 Å². The van der Waals surface area contributed by atoms with Crippen LogP contribution in [0.3, 0.4) is 0 Å².